The first-order valence-electron chi connectivity index (χ1n) is 8.80. The molecule has 0 unspecified atom stereocenters. The molecule has 0 fully saturated rings. The van der Waals surface area contributed by atoms with Crippen LogP contribution in [-0.2, 0) is 23.8 Å². The summed E-state index contributed by atoms with van der Waals surface area (Å²) in [6, 6.07) is 5.55. The lowest BCUT2D eigenvalue weighted by Gasteiger charge is -2.27. The Kier molecular flexibility index (Phi) is 7.39. The van der Waals surface area contributed by atoms with E-state index in [1.807, 2.05) is 6.07 Å². The molecule has 1 atom stereocenters. The maximum absolute atomic E-state index is 12.8. The molecule has 1 heterocycles. The van der Waals surface area contributed by atoms with E-state index in [9.17, 15) is 25.0 Å². The second kappa shape index (κ2) is 9.77. The van der Waals surface area contributed by atoms with Gasteiger partial charge >= 0.3 is 11.9 Å². The van der Waals surface area contributed by atoms with E-state index in [0.717, 1.165) is 6.07 Å². The number of nitriles is 1. The number of esters is 2. The molecular weight excluding hydrogens is 430 g/mol. The number of hydrogen-bond donors (Lipinski definition) is 1. The SMILES string of the molecule is C=C(C)C(=O)OCCOC(=O)C1=C(N)OC(C)=C(C#N)[C@@H]1c1cc([N+](=O)[O-])ccc1Cl. The molecule has 0 spiro atoms. The molecule has 0 saturated carbocycles. The highest BCUT2D eigenvalue weighted by Crippen LogP contribution is 2.43. The van der Waals surface area contributed by atoms with Gasteiger partial charge in [0, 0.05) is 22.7 Å². The summed E-state index contributed by atoms with van der Waals surface area (Å²) in [4.78, 5) is 34.7. The van der Waals surface area contributed by atoms with Gasteiger partial charge in [-0.1, -0.05) is 18.2 Å². The number of carbonyl (C=O) groups excluding carboxylic acids is 2. The highest BCUT2D eigenvalue weighted by Gasteiger charge is 2.38. The number of ether oxygens (including phenoxy) is 3. The molecule has 0 aromatic heterocycles. The first-order chi connectivity index (χ1) is 14.6. The molecule has 2 rings (SSSR count). The summed E-state index contributed by atoms with van der Waals surface area (Å²) in [5.74, 6) is -3.00. The van der Waals surface area contributed by atoms with Crippen LogP contribution < -0.4 is 5.73 Å². The van der Waals surface area contributed by atoms with Crippen LogP contribution in [0.2, 0.25) is 5.02 Å². The maximum Gasteiger partial charge on any atom is 0.340 e. The number of nitrogens with zero attached hydrogens (tertiary/aromatic N) is 2. The third-order valence-electron chi connectivity index (χ3n) is 4.23. The zero-order valence-corrected chi connectivity index (χ0v) is 17.4. The van der Waals surface area contributed by atoms with Crippen molar-refractivity contribution in [2.75, 3.05) is 13.2 Å². The fourth-order valence-electron chi connectivity index (χ4n) is 2.77. The fourth-order valence-corrected chi connectivity index (χ4v) is 3.00. The standard InChI is InChI=1S/C20H18ClN3O7/c1-10(2)19(25)29-6-7-30-20(26)17-16(14(9-22)11(3)31-18(17)23)13-8-12(24(27)28)4-5-15(13)21/h4-5,8,16H,1,6-7,23H2,2-3H3/t16-/m0/s1. The number of carbonyl (C=O) groups is 2. The van der Waals surface area contributed by atoms with Crippen molar-refractivity contribution in [3.05, 3.63) is 73.8 Å². The lowest BCUT2D eigenvalue weighted by atomic mass is 9.83. The van der Waals surface area contributed by atoms with Gasteiger partial charge in [-0.2, -0.15) is 5.26 Å². The van der Waals surface area contributed by atoms with E-state index in [-0.39, 0.29) is 57.8 Å². The lowest BCUT2D eigenvalue weighted by Crippen LogP contribution is -2.27. The van der Waals surface area contributed by atoms with Gasteiger partial charge < -0.3 is 19.9 Å². The topological polar surface area (TPSA) is 155 Å². The van der Waals surface area contributed by atoms with Gasteiger partial charge in [-0.25, -0.2) is 9.59 Å². The van der Waals surface area contributed by atoms with Gasteiger partial charge in [-0.15, -0.1) is 0 Å². The van der Waals surface area contributed by atoms with Crippen LogP contribution >= 0.6 is 11.6 Å². The monoisotopic (exact) mass is 447 g/mol. The van der Waals surface area contributed by atoms with Gasteiger partial charge in [0.2, 0.25) is 5.88 Å². The Balaban J connectivity index is 2.40. The van der Waals surface area contributed by atoms with Crippen LogP contribution in [0.3, 0.4) is 0 Å². The van der Waals surface area contributed by atoms with Gasteiger partial charge in [-0.05, 0) is 25.5 Å². The summed E-state index contributed by atoms with van der Waals surface area (Å²) in [5.41, 5.74) is 5.62. The summed E-state index contributed by atoms with van der Waals surface area (Å²) in [6.07, 6.45) is 0. The molecule has 0 aliphatic carbocycles. The molecule has 0 amide bonds. The number of non-ortho nitro benzene ring substituents is 1. The Morgan fingerprint density at radius 2 is 2.03 bits per heavy atom. The fraction of sp³-hybridized carbons (Fsp3) is 0.250. The van der Waals surface area contributed by atoms with Gasteiger partial charge in [0.25, 0.3) is 5.69 Å². The molecule has 2 N–H and O–H groups in total. The molecule has 1 aliphatic heterocycles. The zero-order valence-electron chi connectivity index (χ0n) is 16.6. The van der Waals surface area contributed by atoms with Crippen LogP contribution in [-0.4, -0.2) is 30.1 Å². The number of nitro groups is 1. The molecule has 1 aliphatic rings. The first-order valence-corrected chi connectivity index (χ1v) is 9.18. The van der Waals surface area contributed by atoms with Crippen LogP contribution in [0.1, 0.15) is 25.3 Å². The van der Waals surface area contributed by atoms with Gasteiger partial charge in [0.1, 0.15) is 24.5 Å². The molecule has 1 aromatic rings. The van der Waals surface area contributed by atoms with Crippen LogP contribution in [0.4, 0.5) is 5.69 Å². The number of nitro benzene ring substituents is 1. The summed E-state index contributed by atoms with van der Waals surface area (Å²) >= 11 is 6.24. The third kappa shape index (κ3) is 5.21. The van der Waals surface area contributed by atoms with Crippen LogP contribution in [0.15, 0.2) is 53.1 Å². The van der Waals surface area contributed by atoms with Crippen molar-refractivity contribution in [1.29, 1.82) is 5.26 Å². The van der Waals surface area contributed by atoms with E-state index >= 15 is 0 Å². The smallest absolute Gasteiger partial charge is 0.340 e. The number of benzene rings is 1. The average Bonchev–Trinajstić information content (AvgIpc) is 2.70. The maximum atomic E-state index is 12.8. The van der Waals surface area contributed by atoms with E-state index in [2.05, 4.69) is 6.58 Å². The molecule has 0 bridgehead atoms. The zero-order chi connectivity index (χ0) is 23.3. The van der Waals surface area contributed by atoms with Gasteiger partial charge in [-0.3, -0.25) is 10.1 Å². The Morgan fingerprint density at radius 1 is 1.39 bits per heavy atom. The van der Waals surface area contributed by atoms with Crippen molar-refractivity contribution < 1.29 is 28.7 Å². The molecule has 11 heteroatoms. The number of hydrogen-bond acceptors (Lipinski definition) is 9. The summed E-state index contributed by atoms with van der Waals surface area (Å²) in [7, 11) is 0. The minimum Gasteiger partial charge on any atom is -0.459 e. The Labute approximate surface area is 182 Å². The number of rotatable bonds is 7. The second-order valence-electron chi connectivity index (χ2n) is 6.41. The van der Waals surface area contributed by atoms with Crippen LogP contribution in [0.25, 0.3) is 0 Å². The number of nitrogens with two attached hydrogens (primary N) is 1. The lowest BCUT2D eigenvalue weighted by molar-refractivity contribution is -0.384. The van der Waals surface area contributed by atoms with Crippen molar-refractivity contribution in [2.24, 2.45) is 5.73 Å². The molecule has 0 radical (unpaired) electrons. The average molecular weight is 448 g/mol. The van der Waals surface area contributed by atoms with Crippen LogP contribution in [0.5, 0.6) is 0 Å². The van der Waals surface area contributed by atoms with E-state index in [4.69, 9.17) is 31.5 Å². The van der Waals surface area contributed by atoms with E-state index < -0.39 is 22.8 Å². The summed E-state index contributed by atoms with van der Waals surface area (Å²) in [6.45, 7) is 5.80. The second-order valence-corrected chi connectivity index (χ2v) is 6.82. The summed E-state index contributed by atoms with van der Waals surface area (Å²) < 4.78 is 15.3. The molecular formula is C20H18ClN3O7. The van der Waals surface area contributed by atoms with E-state index in [1.165, 1.54) is 26.0 Å². The molecule has 31 heavy (non-hydrogen) atoms. The predicted octanol–water partition coefficient (Wildman–Crippen LogP) is 2.99. The Morgan fingerprint density at radius 3 is 2.61 bits per heavy atom. The van der Waals surface area contributed by atoms with Crippen LogP contribution in [0, 0.1) is 21.4 Å². The highest BCUT2D eigenvalue weighted by atomic mass is 35.5. The Hall–Kier alpha value is -3.84. The molecule has 10 nitrogen and oxygen atoms in total. The predicted molar refractivity (Wildman–Crippen MR) is 108 cm³/mol. The minimum atomic E-state index is -1.16. The third-order valence-corrected chi connectivity index (χ3v) is 4.57. The van der Waals surface area contributed by atoms with Crippen molar-refractivity contribution in [3.8, 4) is 6.07 Å². The van der Waals surface area contributed by atoms with E-state index in [1.54, 1.807) is 0 Å². The van der Waals surface area contributed by atoms with Crippen molar-refractivity contribution in [1.82, 2.24) is 0 Å². The molecule has 162 valence electrons. The number of allylic oxidation sites excluding steroid dienone is 2. The number of halogens is 1. The van der Waals surface area contributed by atoms with Gasteiger partial charge in [0.05, 0.1) is 22.5 Å². The quantitative estimate of drug-likeness (QED) is 0.218. The highest BCUT2D eigenvalue weighted by molar-refractivity contribution is 6.31. The van der Waals surface area contributed by atoms with E-state index in [0.29, 0.717) is 0 Å². The van der Waals surface area contributed by atoms with Crippen molar-refractivity contribution in [3.63, 3.8) is 0 Å². The molecule has 0 saturated heterocycles. The summed E-state index contributed by atoms with van der Waals surface area (Å²) in [5, 5.41) is 20.9. The largest absolute Gasteiger partial charge is 0.459 e. The Bertz CT molecular complexity index is 1070. The molecule has 1 aromatic carbocycles. The van der Waals surface area contributed by atoms with Gasteiger partial charge in [0.15, 0.2) is 0 Å². The normalized spacial score (nSPS) is 15.6. The minimum absolute atomic E-state index is 0.0164. The van der Waals surface area contributed by atoms with Crippen molar-refractivity contribution in [2.45, 2.75) is 19.8 Å². The first kappa shape index (κ1) is 23.4. The van der Waals surface area contributed by atoms with Crippen molar-refractivity contribution >= 4 is 29.2 Å².